The van der Waals surface area contributed by atoms with E-state index in [2.05, 4.69) is 23.0 Å². The van der Waals surface area contributed by atoms with E-state index in [0.29, 0.717) is 0 Å². The molecule has 0 radical (unpaired) electrons. The summed E-state index contributed by atoms with van der Waals surface area (Å²) in [6.45, 7) is 2.06. The molecule has 3 rings (SSSR count). The highest BCUT2D eigenvalue weighted by Crippen LogP contribution is 2.35. The molecule has 2 aromatic heterocycles. The molecule has 18 heavy (non-hydrogen) atoms. The number of thiazole rings is 1. The quantitative estimate of drug-likeness (QED) is 0.723. The van der Waals surface area contributed by atoms with Gasteiger partial charge >= 0.3 is 0 Å². The molecule has 0 amide bonds. The van der Waals surface area contributed by atoms with E-state index in [-0.39, 0.29) is 0 Å². The maximum Gasteiger partial charge on any atom is 0.157 e. The number of hydrogen-bond donors (Lipinski definition) is 1. The van der Waals surface area contributed by atoms with Crippen LogP contribution in [-0.2, 0) is 0 Å². The van der Waals surface area contributed by atoms with Gasteiger partial charge in [-0.1, -0.05) is 6.07 Å². The first-order valence-electron chi connectivity index (χ1n) is 5.48. The van der Waals surface area contributed by atoms with Gasteiger partial charge in [0.25, 0.3) is 0 Å². The van der Waals surface area contributed by atoms with Crippen molar-refractivity contribution in [2.24, 2.45) is 0 Å². The molecule has 5 heteroatoms. The van der Waals surface area contributed by atoms with Gasteiger partial charge in [-0.25, -0.2) is 9.97 Å². The van der Waals surface area contributed by atoms with E-state index in [1.807, 2.05) is 24.3 Å². The van der Waals surface area contributed by atoms with Crippen LogP contribution < -0.4 is 5.73 Å². The Bertz CT molecular complexity index is 706. The van der Waals surface area contributed by atoms with Gasteiger partial charge in [-0.3, -0.25) is 0 Å². The third-order valence-corrected chi connectivity index (χ3v) is 4.74. The topological polar surface area (TPSA) is 51.8 Å². The summed E-state index contributed by atoms with van der Waals surface area (Å²) >= 11 is 3.25. The lowest BCUT2D eigenvalue weighted by molar-refractivity contribution is 1.08. The first kappa shape index (κ1) is 11.5. The molecule has 0 saturated carbocycles. The van der Waals surface area contributed by atoms with Crippen molar-refractivity contribution >= 4 is 39.0 Å². The van der Waals surface area contributed by atoms with Crippen molar-refractivity contribution in [3.63, 3.8) is 0 Å². The number of rotatable bonds is 2. The van der Waals surface area contributed by atoms with Crippen LogP contribution in [0.2, 0.25) is 0 Å². The maximum absolute atomic E-state index is 5.77. The van der Waals surface area contributed by atoms with Crippen LogP contribution in [0.1, 0.15) is 5.56 Å². The fourth-order valence-corrected chi connectivity index (χ4v) is 3.69. The predicted molar refractivity (Wildman–Crippen MR) is 77.1 cm³/mol. The zero-order valence-electron chi connectivity index (χ0n) is 9.75. The number of nitrogens with zero attached hydrogens (tertiary/aromatic N) is 2. The van der Waals surface area contributed by atoms with Crippen LogP contribution in [0.25, 0.3) is 10.2 Å². The molecule has 3 aromatic rings. The van der Waals surface area contributed by atoms with Crippen molar-refractivity contribution in [2.75, 3.05) is 5.73 Å². The van der Waals surface area contributed by atoms with Gasteiger partial charge in [-0.05, 0) is 48.5 Å². The molecule has 0 aliphatic carbocycles. The highest BCUT2D eigenvalue weighted by atomic mass is 32.2. The van der Waals surface area contributed by atoms with Gasteiger partial charge in [-0.15, -0.1) is 11.3 Å². The summed E-state index contributed by atoms with van der Waals surface area (Å²) in [6, 6.07) is 9.79. The van der Waals surface area contributed by atoms with Gasteiger partial charge in [0.15, 0.2) is 4.34 Å². The fraction of sp³-hybridized carbons (Fsp3) is 0.0769. The summed E-state index contributed by atoms with van der Waals surface area (Å²) in [4.78, 5) is 8.94. The summed E-state index contributed by atoms with van der Waals surface area (Å²) in [5, 5.41) is 1.00. The second-order valence-corrected chi connectivity index (χ2v) is 6.20. The van der Waals surface area contributed by atoms with Crippen molar-refractivity contribution in [2.45, 2.75) is 16.3 Å². The van der Waals surface area contributed by atoms with Crippen molar-refractivity contribution in [3.8, 4) is 0 Å². The molecular formula is C13H11N3S2. The highest BCUT2D eigenvalue weighted by molar-refractivity contribution is 8.01. The van der Waals surface area contributed by atoms with Crippen LogP contribution in [0.4, 0.5) is 5.69 Å². The number of benzene rings is 1. The second-order valence-electron chi connectivity index (χ2n) is 3.93. The molecular weight excluding hydrogens is 262 g/mol. The number of nitrogen functional groups attached to an aromatic ring is 1. The summed E-state index contributed by atoms with van der Waals surface area (Å²) in [5.74, 6) is 0. The Balaban J connectivity index is 1.98. The van der Waals surface area contributed by atoms with Gasteiger partial charge in [0.1, 0.15) is 5.03 Å². The first-order valence-corrected chi connectivity index (χ1v) is 7.11. The first-order chi connectivity index (χ1) is 8.72. The molecule has 0 bridgehead atoms. The van der Waals surface area contributed by atoms with Gasteiger partial charge in [0, 0.05) is 11.9 Å². The molecule has 1 aromatic carbocycles. The smallest absolute Gasteiger partial charge is 0.157 e. The number of fused-ring (bicyclic) bond motifs is 1. The molecule has 90 valence electrons. The zero-order valence-corrected chi connectivity index (χ0v) is 11.4. The fourth-order valence-electron chi connectivity index (χ4n) is 1.62. The second kappa shape index (κ2) is 4.59. The minimum Gasteiger partial charge on any atom is -0.399 e. The third-order valence-electron chi connectivity index (χ3n) is 2.54. The van der Waals surface area contributed by atoms with Crippen LogP contribution in [0.5, 0.6) is 0 Å². The largest absolute Gasteiger partial charge is 0.399 e. The van der Waals surface area contributed by atoms with Crippen molar-refractivity contribution in [1.29, 1.82) is 0 Å². The van der Waals surface area contributed by atoms with Gasteiger partial charge in [0.2, 0.25) is 0 Å². The Morgan fingerprint density at radius 1 is 1.28 bits per heavy atom. The number of anilines is 1. The van der Waals surface area contributed by atoms with Crippen LogP contribution in [-0.4, -0.2) is 9.97 Å². The van der Waals surface area contributed by atoms with Crippen LogP contribution in [0, 0.1) is 6.92 Å². The van der Waals surface area contributed by atoms with Crippen LogP contribution in [0.15, 0.2) is 45.9 Å². The van der Waals surface area contributed by atoms with Gasteiger partial charge in [-0.2, -0.15) is 0 Å². The number of aromatic nitrogens is 2. The van der Waals surface area contributed by atoms with Gasteiger partial charge < -0.3 is 5.73 Å². The summed E-state index contributed by atoms with van der Waals surface area (Å²) in [7, 11) is 0. The minimum atomic E-state index is 0.775. The molecule has 0 unspecified atom stereocenters. The van der Waals surface area contributed by atoms with Crippen LogP contribution >= 0.6 is 23.1 Å². The van der Waals surface area contributed by atoms with Crippen molar-refractivity contribution in [1.82, 2.24) is 9.97 Å². The van der Waals surface area contributed by atoms with E-state index < -0.39 is 0 Å². The number of pyridine rings is 1. The Kier molecular flexibility index (Phi) is 2.93. The Labute approximate surface area is 113 Å². The molecule has 0 aliphatic heterocycles. The average Bonchev–Trinajstić information content (AvgIpc) is 2.73. The highest BCUT2D eigenvalue weighted by Gasteiger charge is 2.08. The molecule has 0 fully saturated rings. The minimum absolute atomic E-state index is 0.775. The van der Waals surface area contributed by atoms with Crippen LogP contribution in [0.3, 0.4) is 0 Å². The van der Waals surface area contributed by atoms with E-state index in [4.69, 9.17) is 5.73 Å². The summed E-state index contributed by atoms with van der Waals surface area (Å²) in [6.07, 6.45) is 1.81. The Morgan fingerprint density at radius 3 is 3.00 bits per heavy atom. The Hall–Kier alpha value is -1.59. The molecule has 2 N–H and O–H groups in total. The normalized spacial score (nSPS) is 10.9. The van der Waals surface area contributed by atoms with E-state index in [1.165, 1.54) is 5.56 Å². The molecule has 0 atom stereocenters. The third kappa shape index (κ3) is 2.19. The molecule has 0 aliphatic rings. The zero-order chi connectivity index (χ0) is 12.5. The molecule has 2 heterocycles. The number of hydrogen-bond acceptors (Lipinski definition) is 5. The monoisotopic (exact) mass is 273 g/mol. The summed E-state index contributed by atoms with van der Waals surface area (Å²) in [5.41, 5.74) is 8.70. The molecule has 0 spiro atoms. The lowest BCUT2D eigenvalue weighted by Gasteiger charge is -1.99. The van der Waals surface area contributed by atoms with E-state index >= 15 is 0 Å². The lowest BCUT2D eigenvalue weighted by Crippen LogP contribution is -1.83. The summed E-state index contributed by atoms with van der Waals surface area (Å²) < 4.78 is 2.11. The average molecular weight is 273 g/mol. The number of nitrogens with two attached hydrogens (primary N) is 1. The number of aryl methyl sites for hydroxylation is 1. The van der Waals surface area contributed by atoms with E-state index in [0.717, 1.165) is 25.3 Å². The van der Waals surface area contributed by atoms with E-state index in [9.17, 15) is 0 Å². The standard InChI is InChI=1S/C13H11N3S2/c1-8-3-2-6-15-12(8)18-13-16-10-5-4-9(14)7-11(10)17-13/h2-7H,14H2,1H3. The van der Waals surface area contributed by atoms with E-state index in [1.54, 1.807) is 29.3 Å². The Morgan fingerprint density at radius 2 is 2.17 bits per heavy atom. The molecule has 0 saturated heterocycles. The van der Waals surface area contributed by atoms with Gasteiger partial charge in [0.05, 0.1) is 10.2 Å². The predicted octanol–water partition coefficient (Wildman–Crippen LogP) is 3.73. The lowest BCUT2D eigenvalue weighted by atomic mass is 10.3. The SMILES string of the molecule is Cc1cccnc1Sc1nc2ccc(N)cc2s1. The van der Waals surface area contributed by atoms with Crippen molar-refractivity contribution in [3.05, 3.63) is 42.1 Å². The maximum atomic E-state index is 5.77. The molecule has 3 nitrogen and oxygen atoms in total. The van der Waals surface area contributed by atoms with Crippen molar-refractivity contribution < 1.29 is 0 Å².